The molecular formula is C20H23Cl2NO5. The van der Waals surface area contributed by atoms with E-state index in [0.29, 0.717) is 13.0 Å². The first-order chi connectivity index (χ1) is 13.3. The van der Waals surface area contributed by atoms with Crippen molar-refractivity contribution < 1.29 is 24.5 Å². The van der Waals surface area contributed by atoms with E-state index in [1.807, 2.05) is 6.92 Å². The topological polar surface area (TPSA) is 87.1 Å². The third-order valence-electron chi connectivity index (χ3n) is 4.50. The molecule has 0 unspecified atom stereocenters. The second kappa shape index (κ2) is 10.7. The Kier molecular flexibility index (Phi) is 8.58. The molecule has 0 saturated heterocycles. The second-order valence-electron chi connectivity index (χ2n) is 6.67. The number of halogens is 2. The Morgan fingerprint density at radius 2 is 1.89 bits per heavy atom. The average Bonchev–Trinajstić information content (AvgIpc) is 2.63. The van der Waals surface area contributed by atoms with Crippen LogP contribution in [0.1, 0.15) is 24.8 Å². The van der Waals surface area contributed by atoms with Crippen LogP contribution in [0, 0.1) is 30.6 Å². The summed E-state index contributed by atoms with van der Waals surface area (Å²) in [6.45, 7) is 2.14. The van der Waals surface area contributed by atoms with Crippen LogP contribution < -0.4 is 4.74 Å². The van der Waals surface area contributed by atoms with Gasteiger partial charge >= 0.3 is 5.97 Å². The van der Waals surface area contributed by atoms with Gasteiger partial charge in [0.1, 0.15) is 0 Å². The zero-order chi connectivity index (χ0) is 20.7. The Balaban J connectivity index is 1.94. The molecule has 8 heteroatoms. The highest BCUT2D eigenvalue weighted by Crippen LogP contribution is 2.34. The zero-order valence-corrected chi connectivity index (χ0v) is 17.1. The Labute approximate surface area is 174 Å². The Hall–Kier alpha value is -1.78. The predicted octanol–water partition coefficient (Wildman–Crippen LogP) is 2.44. The van der Waals surface area contributed by atoms with Crippen LogP contribution in [0.5, 0.6) is 5.75 Å². The number of aliphatic hydroxyl groups excluding tert-OH is 2. The number of benzene rings is 1. The van der Waals surface area contributed by atoms with Crippen molar-refractivity contribution in [1.82, 2.24) is 4.90 Å². The standard InChI is InChI=1S/C20H23Cl2NO5/c1-13-8-16(21)20(17(22)9-13)28-19(27)6-5-18(26)23-7-3-2-4-14(11-24)15(10-23)12-25/h8-9,14-15,24-25H,3,5-7,10-12H2,1H3/t14-,15-/m1/s1. The number of amides is 1. The Bertz CT molecular complexity index is 764. The van der Waals surface area contributed by atoms with Gasteiger partial charge in [0.25, 0.3) is 0 Å². The van der Waals surface area contributed by atoms with Gasteiger partial charge in [0.05, 0.1) is 29.0 Å². The lowest BCUT2D eigenvalue weighted by Gasteiger charge is -2.30. The lowest BCUT2D eigenvalue weighted by Crippen LogP contribution is -2.41. The molecule has 1 aliphatic rings. The first kappa shape index (κ1) is 22.5. The van der Waals surface area contributed by atoms with Gasteiger partial charge in [-0.1, -0.05) is 29.1 Å². The maximum absolute atomic E-state index is 12.5. The minimum Gasteiger partial charge on any atom is -0.423 e. The zero-order valence-electron chi connectivity index (χ0n) is 15.6. The molecule has 152 valence electrons. The van der Waals surface area contributed by atoms with E-state index in [-0.39, 0.29) is 66.1 Å². The molecule has 0 saturated carbocycles. The summed E-state index contributed by atoms with van der Waals surface area (Å²) in [5.41, 5.74) is 0.838. The summed E-state index contributed by atoms with van der Waals surface area (Å²) in [4.78, 5) is 26.2. The van der Waals surface area contributed by atoms with Crippen molar-refractivity contribution in [3.63, 3.8) is 0 Å². The minimum absolute atomic E-state index is 0.0463. The molecule has 1 amide bonds. The molecule has 0 aliphatic carbocycles. The third kappa shape index (κ3) is 6.11. The summed E-state index contributed by atoms with van der Waals surface area (Å²) in [6, 6.07) is 3.27. The summed E-state index contributed by atoms with van der Waals surface area (Å²) >= 11 is 12.1. The Morgan fingerprint density at radius 3 is 2.50 bits per heavy atom. The third-order valence-corrected chi connectivity index (χ3v) is 5.07. The highest BCUT2D eigenvalue weighted by atomic mass is 35.5. The molecule has 0 bridgehead atoms. The fraction of sp³-hybridized carbons (Fsp3) is 0.500. The second-order valence-corrected chi connectivity index (χ2v) is 7.49. The van der Waals surface area contributed by atoms with Crippen LogP contribution in [0.15, 0.2) is 12.1 Å². The molecule has 2 atom stereocenters. The number of carbonyl (C=O) groups excluding carboxylic acids is 2. The fourth-order valence-electron chi connectivity index (χ4n) is 2.94. The maximum atomic E-state index is 12.5. The number of ether oxygens (including phenoxy) is 1. The molecule has 1 aromatic carbocycles. The van der Waals surface area contributed by atoms with Gasteiger partial charge in [-0.05, 0) is 24.6 Å². The van der Waals surface area contributed by atoms with Crippen LogP contribution >= 0.6 is 23.2 Å². The Morgan fingerprint density at radius 1 is 1.21 bits per heavy atom. The molecule has 1 heterocycles. The van der Waals surface area contributed by atoms with Crippen molar-refractivity contribution in [1.29, 1.82) is 0 Å². The van der Waals surface area contributed by atoms with Gasteiger partial charge < -0.3 is 19.8 Å². The van der Waals surface area contributed by atoms with Crippen molar-refractivity contribution in [3.8, 4) is 17.6 Å². The van der Waals surface area contributed by atoms with Gasteiger partial charge in [-0.15, -0.1) is 5.92 Å². The average molecular weight is 428 g/mol. The summed E-state index contributed by atoms with van der Waals surface area (Å²) in [6.07, 6.45) is 0.295. The van der Waals surface area contributed by atoms with E-state index in [4.69, 9.17) is 27.9 Å². The SMILES string of the molecule is Cc1cc(Cl)c(OC(=O)CCC(=O)N2CCC#C[C@H](CO)[C@@H](CO)C2)c(Cl)c1. The van der Waals surface area contributed by atoms with Crippen LogP contribution in [0.2, 0.25) is 10.0 Å². The van der Waals surface area contributed by atoms with Crippen molar-refractivity contribution in [2.45, 2.75) is 26.2 Å². The summed E-state index contributed by atoms with van der Waals surface area (Å²) in [5.74, 6) is 4.36. The van der Waals surface area contributed by atoms with E-state index in [1.165, 1.54) is 0 Å². The van der Waals surface area contributed by atoms with Gasteiger partial charge in [-0.3, -0.25) is 9.59 Å². The lowest BCUT2D eigenvalue weighted by atomic mass is 9.92. The normalized spacial score (nSPS) is 19.2. The molecule has 6 nitrogen and oxygen atoms in total. The number of aryl methyl sites for hydroxylation is 1. The van der Waals surface area contributed by atoms with E-state index >= 15 is 0 Å². The van der Waals surface area contributed by atoms with Gasteiger partial charge in [-0.2, -0.15) is 0 Å². The van der Waals surface area contributed by atoms with Crippen molar-refractivity contribution in [2.75, 3.05) is 26.3 Å². The summed E-state index contributed by atoms with van der Waals surface area (Å²) in [5, 5.41) is 19.4. The first-order valence-corrected chi connectivity index (χ1v) is 9.75. The van der Waals surface area contributed by atoms with Gasteiger partial charge in [0.2, 0.25) is 5.91 Å². The molecular weight excluding hydrogens is 405 g/mol. The molecule has 0 aromatic heterocycles. The number of hydrogen-bond donors (Lipinski definition) is 2. The van der Waals surface area contributed by atoms with E-state index in [1.54, 1.807) is 17.0 Å². The predicted molar refractivity (Wildman–Crippen MR) is 106 cm³/mol. The van der Waals surface area contributed by atoms with Crippen LogP contribution in [0.4, 0.5) is 0 Å². The van der Waals surface area contributed by atoms with Crippen LogP contribution in [-0.4, -0.2) is 53.3 Å². The van der Waals surface area contributed by atoms with Gasteiger partial charge in [-0.25, -0.2) is 0 Å². The molecule has 2 N–H and O–H groups in total. The molecule has 28 heavy (non-hydrogen) atoms. The molecule has 0 radical (unpaired) electrons. The number of aliphatic hydroxyl groups is 2. The number of nitrogens with zero attached hydrogens (tertiary/aromatic N) is 1. The van der Waals surface area contributed by atoms with Crippen molar-refractivity contribution in [2.24, 2.45) is 11.8 Å². The van der Waals surface area contributed by atoms with Crippen molar-refractivity contribution in [3.05, 3.63) is 27.7 Å². The maximum Gasteiger partial charge on any atom is 0.311 e. The largest absolute Gasteiger partial charge is 0.423 e. The molecule has 0 fully saturated rings. The highest BCUT2D eigenvalue weighted by Gasteiger charge is 2.26. The summed E-state index contributed by atoms with van der Waals surface area (Å²) in [7, 11) is 0. The first-order valence-electron chi connectivity index (χ1n) is 9.00. The molecule has 1 aromatic rings. The van der Waals surface area contributed by atoms with Gasteiger partial charge in [0, 0.05) is 38.5 Å². The van der Waals surface area contributed by atoms with Crippen LogP contribution in [-0.2, 0) is 9.59 Å². The summed E-state index contributed by atoms with van der Waals surface area (Å²) < 4.78 is 5.22. The number of esters is 1. The highest BCUT2D eigenvalue weighted by molar-refractivity contribution is 6.37. The number of hydrogen-bond acceptors (Lipinski definition) is 5. The van der Waals surface area contributed by atoms with Crippen LogP contribution in [0.3, 0.4) is 0 Å². The minimum atomic E-state index is -0.611. The lowest BCUT2D eigenvalue weighted by molar-refractivity contribution is -0.139. The number of rotatable bonds is 6. The number of carbonyl (C=O) groups is 2. The van der Waals surface area contributed by atoms with E-state index in [0.717, 1.165) is 5.56 Å². The smallest absolute Gasteiger partial charge is 0.311 e. The molecule has 2 rings (SSSR count). The quantitative estimate of drug-likeness (QED) is 0.413. The van der Waals surface area contributed by atoms with E-state index < -0.39 is 5.97 Å². The monoisotopic (exact) mass is 427 g/mol. The molecule has 1 aliphatic heterocycles. The van der Waals surface area contributed by atoms with E-state index in [9.17, 15) is 19.8 Å². The van der Waals surface area contributed by atoms with E-state index in [2.05, 4.69) is 11.8 Å². The molecule has 0 spiro atoms. The van der Waals surface area contributed by atoms with Gasteiger partial charge in [0.15, 0.2) is 5.75 Å². The fourth-order valence-corrected chi connectivity index (χ4v) is 3.61. The van der Waals surface area contributed by atoms with Crippen molar-refractivity contribution >= 4 is 35.1 Å². The van der Waals surface area contributed by atoms with Crippen LogP contribution in [0.25, 0.3) is 0 Å².